The van der Waals surface area contributed by atoms with Crippen LogP contribution in [0, 0.1) is 0 Å². The van der Waals surface area contributed by atoms with Crippen molar-refractivity contribution in [1.82, 2.24) is 34.5 Å². The van der Waals surface area contributed by atoms with Crippen molar-refractivity contribution in [2.45, 2.75) is 57.7 Å². The standard InChI is InChI=1S/C18H29N7/c1-2-25-17(13-23-12-9-20-14-23)21-22-18(25)15-5-10-24(11-6-15)16-3-7-19-8-4-16/h9,12,14-16,19H,2-8,10-11,13H2,1H3. The zero-order valence-electron chi connectivity index (χ0n) is 15.1. The van der Waals surface area contributed by atoms with Gasteiger partial charge in [0.1, 0.15) is 5.82 Å². The van der Waals surface area contributed by atoms with Gasteiger partial charge in [-0.2, -0.15) is 0 Å². The fourth-order valence-corrected chi connectivity index (χ4v) is 4.35. The fraction of sp³-hybridized carbons (Fsp3) is 0.722. The fourth-order valence-electron chi connectivity index (χ4n) is 4.35. The molecule has 0 radical (unpaired) electrons. The molecule has 136 valence electrons. The van der Waals surface area contributed by atoms with Gasteiger partial charge in [-0.3, -0.25) is 0 Å². The number of rotatable bonds is 5. The van der Waals surface area contributed by atoms with Crippen LogP contribution < -0.4 is 5.32 Å². The monoisotopic (exact) mass is 343 g/mol. The van der Waals surface area contributed by atoms with E-state index >= 15 is 0 Å². The van der Waals surface area contributed by atoms with E-state index in [-0.39, 0.29) is 0 Å². The lowest BCUT2D eigenvalue weighted by molar-refractivity contribution is 0.124. The molecule has 2 fully saturated rings. The maximum absolute atomic E-state index is 4.58. The number of hydrogen-bond acceptors (Lipinski definition) is 5. The van der Waals surface area contributed by atoms with Crippen molar-refractivity contribution in [1.29, 1.82) is 0 Å². The van der Waals surface area contributed by atoms with Crippen molar-refractivity contribution in [3.8, 4) is 0 Å². The van der Waals surface area contributed by atoms with Gasteiger partial charge in [-0.05, 0) is 58.8 Å². The third-order valence-corrected chi connectivity index (χ3v) is 5.78. The molecular formula is C18H29N7. The van der Waals surface area contributed by atoms with E-state index < -0.39 is 0 Å². The molecule has 2 saturated heterocycles. The van der Waals surface area contributed by atoms with Crippen molar-refractivity contribution in [3.05, 3.63) is 30.4 Å². The Morgan fingerprint density at radius 1 is 1.12 bits per heavy atom. The summed E-state index contributed by atoms with van der Waals surface area (Å²) in [5.74, 6) is 2.76. The van der Waals surface area contributed by atoms with Crippen LogP contribution in [0.2, 0.25) is 0 Å². The molecule has 0 amide bonds. The number of imidazole rings is 1. The molecule has 0 atom stereocenters. The van der Waals surface area contributed by atoms with Crippen molar-refractivity contribution < 1.29 is 0 Å². The maximum Gasteiger partial charge on any atom is 0.153 e. The summed E-state index contributed by atoms with van der Waals surface area (Å²) in [6.07, 6.45) is 10.6. The highest BCUT2D eigenvalue weighted by molar-refractivity contribution is 5.05. The van der Waals surface area contributed by atoms with E-state index in [0.29, 0.717) is 5.92 Å². The van der Waals surface area contributed by atoms with Gasteiger partial charge in [-0.25, -0.2) is 4.98 Å². The highest BCUT2D eigenvalue weighted by Crippen LogP contribution is 2.29. The molecule has 25 heavy (non-hydrogen) atoms. The van der Waals surface area contributed by atoms with Crippen LogP contribution in [0.25, 0.3) is 0 Å². The zero-order chi connectivity index (χ0) is 17.1. The average Bonchev–Trinajstić information content (AvgIpc) is 3.32. The molecule has 4 rings (SSSR count). The predicted molar refractivity (Wildman–Crippen MR) is 96.5 cm³/mol. The van der Waals surface area contributed by atoms with Gasteiger partial charge in [0.2, 0.25) is 0 Å². The number of likely N-dealkylation sites (tertiary alicyclic amines) is 1. The summed E-state index contributed by atoms with van der Waals surface area (Å²) < 4.78 is 4.37. The molecule has 2 aliphatic rings. The van der Waals surface area contributed by atoms with E-state index in [1.54, 1.807) is 0 Å². The zero-order valence-corrected chi connectivity index (χ0v) is 15.1. The van der Waals surface area contributed by atoms with E-state index in [1.807, 2.05) is 18.7 Å². The quantitative estimate of drug-likeness (QED) is 0.891. The highest BCUT2D eigenvalue weighted by atomic mass is 15.3. The second-order valence-electron chi connectivity index (χ2n) is 7.25. The van der Waals surface area contributed by atoms with E-state index in [4.69, 9.17) is 0 Å². The smallest absolute Gasteiger partial charge is 0.153 e. The highest BCUT2D eigenvalue weighted by Gasteiger charge is 2.29. The van der Waals surface area contributed by atoms with E-state index in [9.17, 15) is 0 Å². The second kappa shape index (κ2) is 7.66. The summed E-state index contributed by atoms with van der Waals surface area (Å²) in [5.41, 5.74) is 0. The van der Waals surface area contributed by atoms with Gasteiger partial charge >= 0.3 is 0 Å². The van der Waals surface area contributed by atoms with Gasteiger partial charge in [0.05, 0.1) is 12.9 Å². The Bertz CT molecular complexity index is 649. The molecule has 0 unspecified atom stereocenters. The first kappa shape index (κ1) is 16.7. The SMILES string of the molecule is CCn1c(Cn2ccnc2)nnc1C1CCN(C2CCNCC2)CC1. The lowest BCUT2D eigenvalue weighted by Crippen LogP contribution is -2.46. The van der Waals surface area contributed by atoms with Crippen LogP contribution in [0.15, 0.2) is 18.7 Å². The van der Waals surface area contributed by atoms with Gasteiger partial charge in [-0.15, -0.1) is 10.2 Å². The molecule has 0 aliphatic carbocycles. The largest absolute Gasteiger partial charge is 0.330 e. The number of hydrogen-bond donors (Lipinski definition) is 1. The van der Waals surface area contributed by atoms with E-state index in [1.165, 1.54) is 57.7 Å². The van der Waals surface area contributed by atoms with Crippen molar-refractivity contribution >= 4 is 0 Å². The van der Waals surface area contributed by atoms with Crippen LogP contribution in [0.5, 0.6) is 0 Å². The van der Waals surface area contributed by atoms with Crippen molar-refractivity contribution in [2.24, 2.45) is 0 Å². The number of nitrogens with one attached hydrogen (secondary N) is 1. The summed E-state index contributed by atoms with van der Waals surface area (Å²) >= 11 is 0. The van der Waals surface area contributed by atoms with Gasteiger partial charge in [0.25, 0.3) is 0 Å². The van der Waals surface area contributed by atoms with Gasteiger partial charge in [0.15, 0.2) is 5.82 Å². The first-order valence-electron chi connectivity index (χ1n) is 9.67. The summed E-state index contributed by atoms with van der Waals surface area (Å²) in [6.45, 7) is 8.61. The third kappa shape index (κ3) is 3.62. The van der Waals surface area contributed by atoms with Crippen molar-refractivity contribution in [3.63, 3.8) is 0 Å². The Morgan fingerprint density at radius 2 is 1.92 bits per heavy atom. The molecule has 7 heteroatoms. The molecule has 2 aliphatic heterocycles. The predicted octanol–water partition coefficient (Wildman–Crippen LogP) is 1.47. The summed E-state index contributed by atoms with van der Waals surface area (Å²) in [4.78, 5) is 6.82. The number of aromatic nitrogens is 5. The minimum absolute atomic E-state index is 0.543. The molecule has 0 bridgehead atoms. The molecule has 0 spiro atoms. The second-order valence-corrected chi connectivity index (χ2v) is 7.25. The Labute approximate surface area is 149 Å². The summed E-state index contributed by atoms with van der Waals surface area (Å²) in [7, 11) is 0. The first-order chi connectivity index (χ1) is 12.3. The summed E-state index contributed by atoms with van der Waals surface area (Å²) in [5, 5.41) is 12.5. The Balaban J connectivity index is 1.41. The Hall–Kier alpha value is -1.73. The first-order valence-corrected chi connectivity index (χ1v) is 9.67. The van der Waals surface area contributed by atoms with Crippen molar-refractivity contribution in [2.75, 3.05) is 26.2 Å². The molecular weight excluding hydrogens is 314 g/mol. The molecule has 2 aromatic rings. The molecule has 0 aromatic carbocycles. The number of piperidine rings is 2. The van der Waals surface area contributed by atoms with E-state index in [2.05, 4.69) is 41.5 Å². The Morgan fingerprint density at radius 3 is 2.60 bits per heavy atom. The summed E-state index contributed by atoms with van der Waals surface area (Å²) in [6, 6.07) is 0.781. The van der Waals surface area contributed by atoms with E-state index in [0.717, 1.165) is 25.0 Å². The van der Waals surface area contributed by atoms with Gasteiger partial charge in [-0.1, -0.05) is 0 Å². The third-order valence-electron chi connectivity index (χ3n) is 5.78. The van der Waals surface area contributed by atoms with Crippen LogP contribution in [0.3, 0.4) is 0 Å². The van der Waals surface area contributed by atoms with Crippen LogP contribution in [0.4, 0.5) is 0 Å². The minimum Gasteiger partial charge on any atom is -0.330 e. The lowest BCUT2D eigenvalue weighted by atomic mass is 9.93. The van der Waals surface area contributed by atoms with Gasteiger partial charge in [0, 0.05) is 30.9 Å². The molecule has 4 heterocycles. The molecule has 2 aromatic heterocycles. The minimum atomic E-state index is 0.543. The topological polar surface area (TPSA) is 63.8 Å². The maximum atomic E-state index is 4.58. The van der Waals surface area contributed by atoms with Crippen LogP contribution in [0.1, 0.15) is 50.2 Å². The average molecular weight is 343 g/mol. The number of nitrogens with zero attached hydrogens (tertiary/aromatic N) is 6. The molecule has 7 nitrogen and oxygen atoms in total. The van der Waals surface area contributed by atoms with Crippen LogP contribution in [-0.2, 0) is 13.1 Å². The molecule has 1 N–H and O–H groups in total. The lowest BCUT2D eigenvalue weighted by Gasteiger charge is -2.39. The normalized spacial score (nSPS) is 21.0. The van der Waals surface area contributed by atoms with Crippen LogP contribution >= 0.6 is 0 Å². The Kier molecular flexibility index (Phi) is 5.12. The molecule has 0 saturated carbocycles. The van der Waals surface area contributed by atoms with Gasteiger partial charge < -0.3 is 19.4 Å². The van der Waals surface area contributed by atoms with Crippen LogP contribution in [-0.4, -0.2) is 61.4 Å².